The largest absolute Gasteiger partial charge is 0.356 e. The van der Waals surface area contributed by atoms with Crippen LogP contribution in [-0.2, 0) is 19.6 Å². The van der Waals surface area contributed by atoms with Crippen LogP contribution >= 0.6 is 0 Å². The number of sulfonamides is 1. The van der Waals surface area contributed by atoms with Gasteiger partial charge in [0.05, 0.1) is 4.90 Å². The Balaban J connectivity index is 1.86. The number of hydrogen-bond donors (Lipinski definition) is 2. The minimum atomic E-state index is -3.56. The molecule has 1 aliphatic heterocycles. The highest BCUT2D eigenvalue weighted by Gasteiger charge is 2.30. The molecule has 2 amide bonds. The molecule has 0 bridgehead atoms. The molecular formula is C20H31N3O4S. The second-order valence-electron chi connectivity index (χ2n) is 7.79. The van der Waals surface area contributed by atoms with Crippen molar-refractivity contribution in [2.75, 3.05) is 25.0 Å². The normalized spacial score (nSPS) is 16.1. The van der Waals surface area contributed by atoms with Crippen LogP contribution in [0.5, 0.6) is 0 Å². The van der Waals surface area contributed by atoms with Crippen molar-refractivity contribution in [2.45, 2.75) is 51.3 Å². The molecule has 0 saturated carbocycles. The summed E-state index contributed by atoms with van der Waals surface area (Å²) in [5.41, 5.74) is 0.564. The lowest BCUT2D eigenvalue weighted by Gasteiger charge is -2.31. The molecule has 0 aromatic heterocycles. The van der Waals surface area contributed by atoms with Crippen LogP contribution in [-0.4, -0.2) is 44.2 Å². The summed E-state index contributed by atoms with van der Waals surface area (Å²) in [5, 5.41) is 5.57. The van der Waals surface area contributed by atoms with E-state index < -0.39 is 10.0 Å². The number of benzene rings is 1. The van der Waals surface area contributed by atoms with Gasteiger partial charge in [0.15, 0.2) is 0 Å². The van der Waals surface area contributed by atoms with Crippen LogP contribution in [0.4, 0.5) is 5.69 Å². The molecule has 1 saturated heterocycles. The van der Waals surface area contributed by atoms with Crippen LogP contribution < -0.4 is 10.6 Å². The Morgan fingerprint density at radius 1 is 1.14 bits per heavy atom. The average molecular weight is 410 g/mol. The first kappa shape index (κ1) is 22.4. The number of carbonyl (C=O) groups excluding carboxylic acids is 2. The highest BCUT2D eigenvalue weighted by molar-refractivity contribution is 7.89. The van der Waals surface area contributed by atoms with Gasteiger partial charge in [-0.1, -0.05) is 13.8 Å². The maximum atomic E-state index is 12.8. The van der Waals surface area contributed by atoms with E-state index in [1.54, 1.807) is 12.1 Å². The summed E-state index contributed by atoms with van der Waals surface area (Å²) in [4.78, 5) is 23.3. The van der Waals surface area contributed by atoms with E-state index in [1.165, 1.54) is 23.4 Å². The summed E-state index contributed by atoms with van der Waals surface area (Å²) in [6.07, 6.45) is 2.78. The van der Waals surface area contributed by atoms with Gasteiger partial charge in [-0.25, -0.2) is 8.42 Å². The minimum Gasteiger partial charge on any atom is -0.356 e. The van der Waals surface area contributed by atoms with Crippen molar-refractivity contribution in [1.82, 2.24) is 9.62 Å². The zero-order valence-electron chi connectivity index (χ0n) is 16.9. The fourth-order valence-electron chi connectivity index (χ4n) is 3.25. The van der Waals surface area contributed by atoms with Crippen LogP contribution in [0.2, 0.25) is 0 Å². The number of nitrogens with one attached hydrogen (secondary N) is 2. The first-order chi connectivity index (χ1) is 13.2. The molecule has 1 aromatic rings. The van der Waals surface area contributed by atoms with Gasteiger partial charge in [0.25, 0.3) is 0 Å². The zero-order valence-corrected chi connectivity index (χ0v) is 17.7. The maximum Gasteiger partial charge on any atom is 0.243 e. The second-order valence-corrected chi connectivity index (χ2v) is 9.73. The van der Waals surface area contributed by atoms with Gasteiger partial charge in [-0.15, -0.1) is 0 Å². The predicted molar refractivity (Wildman–Crippen MR) is 109 cm³/mol. The van der Waals surface area contributed by atoms with E-state index in [-0.39, 0.29) is 22.6 Å². The third kappa shape index (κ3) is 6.60. The summed E-state index contributed by atoms with van der Waals surface area (Å²) in [6.45, 7) is 7.17. The van der Waals surface area contributed by atoms with E-state index in [2.05, 4.69) is 24.5 Å². The van der Waals surface area contributed by atoms with Gasteiger partial charge in [-0.05, 0) is 55.4 Å². The molecule has 0 unspecified atom stereocenters. The molecule has 1 aromatic carbocycles. The number of hydrogen-bond acceptors (Lipinski definition) is 4. The van der Waals surface area contributed by atoms with Gasteiger partial charge in [-0.3, -0.25) is 9.59 Å². The predicted octanol–water partition coefficient (Wildman–Crippen LogP) is 2.60. The van der Waals surface area contributed by atoms with E-state index in [1.807, 2.05) is 0 Å². The lowest BCUT2D eigenvalue weighted by atomic mass is 9.94. The van der Waals surface area contributed by atoms with Crippen molar-refractivity contribution in [3.63, 3.8) is 0 Å². The molecule has 0 spiro atoms. The Bertz CT molecular complexity index is 767. The Hall–Kier alpha value is -1.93. The molecule has 1 aliphatic rings. The molecule has 0 aliphatic carbocycles. The number of piperidine rings is 1. The standard InChI is InChI=1S/C20H31N3O4S/c1-15(2)8-11-21-20(25)14-17-9-12-23(13-10-17)28(26,27)19-6-4-18(5-7-19)22-16(3)24/h4-7,15,17H,8-14H2,1-3H3,(H,21,25)(H,22,24). The topological polar surface area (TPSA) is 95.6 Å². The van der Waals surface area contributed by atoms with Gasteiger partial charge >= 0.3 is 0 Å². The molecule has 156 valence electrons. The molecule has 1 fully saturated rings. The molecule has 2 N–H and O–H groups in total. The third-order valence-corrected chi connectivity index (χ3v) is 6.82. The minimum absolute atomic E-state index is 0.0514. The molecule has 0 radical (unpaired) electrons. The molecule has 2 rings (SSSR count). The SMILES string of the molecule is CC(=O)Nc1ccc(S(=O)(=O)N2CCC(CC(=O)NCCC(C)C)CC2)cc1. The zero-order chi connectivity index (χ0) is 20.7. The molecule has 0 atom stereocenters. The van der Waals surface area contributed by atoms with Crippen molar-refractivity contribution in [3.8, 4) is 0 Å². The van der Waals surface area contributed by atoms with Crippen molar-refractivity contribution >= 4 is 27.5 Å². The number of amides is 2. The Morgan fingerprint density at radius 2 is 1.75 bits per heavy atom. The first-order valence-corrected chi connectivity index (χ1v) is 11.3. The van der Waals surface area contributed by atoms with E-state index in [4.69, 9.17) is 0 Å². The highest BCUT2D eigenvalue weighted by Crippen LogP contribution is 2.26. The molecule has 1 heterocycles. The molecular weight excluding hydrogens is 378 g/mol. The van der Waals surface area contributed by atoms with Crippen molar-refractivity contribution in [2.24, 2.45) is 11.8 Å². The van der Waals surface area contributed by atoms with E-state index in [0.717, 1.165) is 6.42 Å². The van der Waals surface area contributed by atoms with Crippen LogP contribution in [0.15, 0.2) is 29.2 Å². The fraction of sp³-hybridized carbons (Fsp3) is 0.600. The Morgan fingerprint density at radius 3 is 2.29 bits per heavy atom. The van der Waals surface area contributed by atoms with Crippen molar-refractivity contribution in [3.05, 3.63) is 24.3 Å². The quantitative estimate of drug-likeness (QED) is 0.690. The number of carbonyl (C=O) groups is 2. The number of rotatable bonds is 8. The van der Waals surface area contributed by atoms with E-state index in [9.17, 15) is 18.0 Å². The summed E-state index contributed by atoms with van der Waals surface area (Å²) in [5.74, 6) is 0.620. The first-order valence-electron chi connectivity index (χ1n) is 9.83. The smallest absolute Gasteiger partial charge is 0.243 e. The second kappa shape index (κ2) is 10.0. The lowest BCUT2D eigenvalue weighted by Crippen LogP contribution is -2.39. The lowest BCUT2D eigenvalue weighted by molar-refractivity contribution is -0.122. The van der Waals surface area contributed by atoms with E-state index in [0.29, 0.717) is 50.5 Å². The summed E-state index contributed by atoms with van der Waals surface area (Å²) < 4.78 is 27.1. The van der Waals surface area contributed by atoms with Crippen LogP contribution in [0.1, 0.15) is 46.5 Å². The summed E-state index contributed by atoms with van der Waals surface area (Å²) in [6, 6.07) is 6.19. The number of anilines is 1. The van der Waals surface area contributed by atoms with E-state index >= 15 is 0 Å². The van der Waals surface area contributed by atoms with Gasteiger partial charge in [0, 0.05) is 38.7 Å². The Kier molecular flexibility index (Phi) is 8.00. The third-order valence-electron chi connectivity index (χ3n) is 4.90. The van der Waals surface area contributed by atoms with Gasteiger partial charge in [0.1, 0.15) is 0 Å². The van der Waals surface area contributed by atoms with Gasteiger partial charge in [-0.2, -0.15) is 4.31 Å². The molecule has 28 heavy (non-hydrogen) atoms. The average Bonchev–Trinajstić information content (AvgIpc) is 2.62. The van der Waals surface area contributed by atoms with Crippen LogP contribution in [0.3, 0.4) is 0 Å². The molecule has 7 nitrogen and oxygen atoms in total. The number of nitrogens with zero attached hydrogens (tertiary/aromatic N) is 1. The van der Waals surface area contributed by atoms with Crippen LogP contribution in [0.25, 0.3) is 0 Å². The maximum absolute atomic E-state index is 12.8. The molecule has 8 heteroatoms. The monoisotopic (exact) mass is 409 g/mol. The Labute approximate surface area is 167 Å². The fourth-order valence-corrected chi connectivity index (χ4v) is 4.72. The van der Waals surface area contributed by atoms with Gasteiger partial charge < -0.3 is 10.6 Å². The highest BCUT2D eigenvalue weighted by atomic mass is 32.2. The summed E-state index contributed by atoms with van der Waals surface area (Å²) >= 11 is 0. The van der Waals surface area contributed by atoms with Crippen LogP contribution in [0, 0.1) is 11.8 Å². The summed E-state index contributed by atoms with van der Waals surface area (Å²) in [7, 11) is -3.56. The van der Waals surface area contributed by atoms with Crippen molar-refractivity contribution < 1.29 is 18.0 Å². The van der Waals surface area contributed by atoms with Crippen molar-refractivity contribution in [1.29, 1.82) is 0 Å². The van der Waals surface area contributed by atoms with Gasteiger partial charge in [0.2, 0.25) is 21.8 Å².